The topological polar surface area (TPSA) is 29.5 Å². The van der Waals surface area contributed by atoms with Gasteiger partial charge in [0, 0.05) is 12.0 Å². The standard InChI is InChI=1S/C30H28FNO2/c31-22-7-5-6-20(16-22)12-13-21-17-23-14-15-24(18-21)32(23)30(33)34-19-29-27-10-3-1-8-25(27)26-9-2-4-11-28(26)29/h1-11,16-17,23-24,29H,12-15,18-19H2. The molecule has 34 heavy (non-hydrogen) atoms. The Morgan fingerprint density at radius 1 is 0.912 bits per heavy atom. The van der Waals surface area contributed by atoms with Crippen LogP contribution in [0.15, 0.2) is 84.4 Å². The molecule has 0 N–H and O–H groups in total. The third-order valence-electron chi connectivity index (χ3n) is 7.64. The number of ether oxygens (including phenoxy) is 1. The normalized spacial score (nSPS) is 20.6. The number of amides is 1. The molecular formula is C30H28FNO2. The summed E-state index contributed by atoms with van der Waals surface area (Å²) in [6.45, 7) is 0.360. The molecule has 4 heteroatoms. The summed E-state index contributed by atoms with van der Waals surface area (Å²) in [4.78, 5) is 15.2. The number of halogens is 1. The Balaban J connectivity index is 1.12. The molecule has 3 nitrogen and oxygen atoms in total. The first kappa shape index (κ1) is 21.2. The molecule has 0 radical (unpaired) electrons. The van der Waals surface area contributed by atoms with Crippen molar-refractivity contribution in [3.8, 4) is 11.1 Å². The number of fused-ring (bicyclic) bond motifs is 5. The van der Waals surface area contributed by atoms with Gasteiger partial charge in [-0.05, 0) is 72.1 Å². The van der Waals surface area contributed by atoms with Crippen LogP contribution in [0.3, 0.4) is 0 Å². The molecule has 2 unspecified atom stereocenters. The van der Waals surface area contributed by atoms with Gasteiger partial charge in [-0.2, -0.15) is 0 Å². The number of carbonyl (C=O) groups excluding carboxylic acids is 1. The smallest absolute Gasteiger partial charge is 0.410 e. The zero-order valence-corrected chi connectivity index (χ0v) is 19.1. The lowest BCUT2D eigenvalue weighted by Crippen LogP contribution is -2.43. The van der Waals surface area contributed by atoms with Crippen LogP contribution in [0.1, 0.15) is 48.3 Å². The zero-order chi connectivity index (χ0) is 23.1. The van der Waals surface area contributed by atoms with Gasteiger partial charge in [0.2, 0.25) is 0 Å². The van der Waals surface area contributed by atoms with E-state index in [1.54, 1.807) is 12.1 Å². The number of hydrogen-bond acceptors (Lipinski definition) is 2. The van der Waals surface area contributed by atoms with Gasteiger partial charge in [-0.25, -0.2) is 9.18 Å². The van der Waals surface area contributed by atoms with Crippen molar-refractivity contribution in [3.63, 3.8) is 0 Å². The maximum Gasteiger partial charge on any atom is 0.410 e. The molecule has 0 saturated carbocycles. The van der Waals surface area contributed by atoms with Gasteiger partial charge in [0.15, 0.2) is 0 Å². The fraction of sp³-hybridized carbons (Fsp3) is 0.300. The summed E-state index contributed by atoms with van der Waals surface area (Å²) in [7, 11) is 0. The van der Waals surface area contributed by atoms with E-state index in [4.69, 9.17) is 4.74 Å². The highest BCUT2D eigenvalue weighted by Crippen LogP contribution is 2.45. The minimum atomic E-state index is -0.199. The van der Waals surface area contributed by atoms with Crippen LogP contribution in [-0.4, -0.2) is 29.7 Å². The second-order valence-electron chi connectivity index (χ2n) is 9.67. The summed E-state index contributed by atoms with van der Waals surface area (Å²) >= 11 is 0. The number of carbonyl (C=O) groups is 1. The first-order valence-electron chi connectivity index (χ1n) is 12.2. The first-order valence-corrected chi connectivity index (χ1v) is 12.2. The Morgan fingerprint density at radius 2 is 1.65 bits per heavy atom. The van der Waals surface area contributed by atoms with Crippen LogP contribution in [0.5, 0.6) is 0 Å². The summed E-state index contributed by atoms with van der Waals surface area (Å²) < 4.78 is 19.4. The van der Waals surface area contributed by atoms with Gasteiger partial charge in [-0.3, -0.25) is 4.90 Å². The molecule has 1 aliphatic carbocycles. The number of rotatable bonds is 5. The van der Waals surface area contributed by atoms with E-state index in [1.165, 1.54) is 33.9 Å². The summed E-state index contributed by atoms with van der Waals surface area (Å²) in [5.41, 5.74) is 7.34. The second kappa shape index (κ2) is 8.75. The minimum Gasteiger partial charge on any atom is -0.448 e. The Bertz CT molecular complexity index is 1220. The van der Waals surface area contributed by atoms with Gasteiger partial charge < -0.3 is 4.74 Å². The molecule has 2 bridgehead atoms. The molecule has 3 aromatic rings. The first-order chi connectivity index (χ1) is 16.7. The maximum atomic E-state index is 13.5. The lowest BCUT2D eigenvalue weighted by molar-refractivity contribution is 0.0849. The third kappa shape index (κ3) is 3.81. The molecule has 2 heterocycles. The Morgan fingerprint density at radius 3 is 2.35 bits per heavy atom. The molecule has 172 valence electrons. The van der Waals surface area contributed by atoms with Gasteiger partial charge in [-0.1, -0.05) is 72.3 Å². The van der Waals surface area contributed by atoms with E-state index in [-0.39, 0.29) is 29.9 Å². The summed E-state index contributed by atoms with van der Waals surface area (Å²) in [6, 6.07) is 24.0. The fourth-order valence-corrected chi connectivity index (χ4v) is 6.05. The van der Waals surface area contributed by atoms with Crippen molar-refractivity contribution in [2.75, 3.05) is 6.61 Å². The monoisotopic (exact) mass is 453 g/mol. The van der Waals surface area contributed by atoms with E-state index in [2.05, 4.69) is 54.6 Å². The lowest BCUT2D eigenvalue weighted by Gasteiger charge is -2.33. The molecule has 1 amide bonds. The van der Waals surface area contributed by atoms with E-state index in [0.29, 0.717) is 6.61 Å². The predicted octanol–water partition coefficient (Wildman–Crippen LogP) is 6.87. The lowest BCUT2D eigenvalue weighted by atomic mass is 9.95. The second-order valence-corrected chi connectivity index (χ2v) is 9.67. The Labute approximate surface area is 199 Å². The van der Waals surface area contributed by atoms with Gasteiger partial charge in [0.1, 0.15) is 12.4 Å². The van der Waals surface area contributed by atoms with Crippen molar-refractivity contribution in [1.29, 1.82) is 0 Å². The molecule has 2 aliphatic heterocycles. The van der Waals surface area contributed by atoms with Gasteiger partial charge in [-0.15, -0.1) is 0 Å². The predicted molar refractivity (Wildman–Crippen MR) is 131 cm³/mol. The SMILES string of the molecule is O=C(OCC1c2ccccc2-c2ccccc21)N1C2C=C(CCc3cccc(F)c3)CC1CC2. The van der Waals surface area contributed by atoms with Crippen molar-refractivity contribution < 1.29 is 13.9 Å². The Hall–Kier alpha value is -3.40. The quantitative estimate of drug-likeness (QED) is 0.395. The van der Waals surface area contributed by atoms with Crippen LogP contribution in [0.2, 0.25) is 0 Å². The maximum absolute atomic E-state index is 13.5. The fourth-order valence-electron chi connectivity index (χ4n) is 6.05. The highest BCUT2D eigenvalue weighted by atomic mass is 19.1. The van der Waals surface area contributed by atoms with Crippen molar-refractivity contribution >= 4 is 6.09 Å². The largest absolute Gasteiger partial charge is 0.448 e. The van der Waals surface area contributed by atoms with E-state index < -0.39 is 0 Å². The van der Waals surface area contributed by atoms with Gasteiger partial charge in [0.25, 0.3) is 0 Å². The van der Waals surface area contributed by atoms with Crippen LogP contribution in [-0.2, 0) is 11.2 Å². The van der Waals surface area contributed by atoms with Crippen molar-refractivity contribution in [2.45, 2.75) is 50.1 Å². The van der Waals surface area contributed by atoms with Crippen LogP contribution in [0, 0.1) is 5.82 Å². The molecule has 1 saturated heterocycles. The average molecular weight is 454 g/mol. The van der Waals surface area contributed by atoms with E-state index >= 15 is 0 Å². The average Bonchev–Trinajstić information content (AvgIpc) is 3.32. The van der Waals surface area contributed by atoms with Crippen LogP contribution >= 0.6 is 0 Å². The van der Waals surface area contributed by atoms with Crippen LogP contribution < -0.4 is 0 Å². The highest BCUT2D eigenvalue weighted by molar-refractivity contribution is 5.79. The third-order valence-corrected chi connectivity index (χ3v) is 7.64. The van der Waals surface area contributed by atoms with Crippen LogP contribution in [0.25, 0.3) is 11.1 Å². The summed E-state index contributed by atoms with van der Waals surface area (Å²) in [6.07, 6.45) is 6.67. The highest BCUT2D eigenvalue weighted by Gasteiger charge is 2.41. The molecular weight excluding hydrogens is 425 g/mol. The van der Waals surface area contributed by atoms with Crippen molar-refractivity contribution in [3.05, 3.63) is 107 Å². The molecule has 3 aromatic carbocycles. The molecule has 6 rings (SSSR count). The number of aryl methyl sites for hydroxylation is 1. The molecule has 3 aliphatic rings. The van der Waals surface area contributed by atoms with E-state index in [9.17, 15) is 9.18 Å². The number of hydrogen-bond donors (Lipinski definition) is 0. The Kier molecular flexibility index (Phi) is 5.44. The summed E-state index contributed by atoms with van der Waals surface area (Å²) in [5.74, 6) is -0.104. The van der Waals surface area contributed by atoms with E-state index in [0.717, 1.165) is 37.7 Å². The van der Waals surface area contributed by atoms with Crippen LogP contribution in [0.4, 0.5) is 9.18 Å². The molecule has 0 spiro atoms. The number of nitrogens with zero attached hydrogens (tertiary/aromatic N) is 1. The number of benzene rings is 3. The summed E-state index contributed by atoms with van der Waals surface area (Å²) in [5, 5.41) is 0. The zero-order valence-electron chi connectivity index (χ0n) is 19.1. The molecule has 2 atom stereocenters. The van der Waals surface area contributed by atoms with Crippen molar-refractivity contribution in [1.82, 2.24) is 4.90 Å². The van der Waals surface area contributed by atoms with Crippen molar-refractivity contribution in [2.24, 2.45) is 0 Å². The minimum absolute atomic E-state index is 0.0798. The molecule has 0 aromatic heterocycles. The molecule has 1 fully saturated rings. The van der Waals surface area contributed by atoms with E-state index in [1.807, 2.05) is 11.0 Å². The van der Waals surface area contributed by atoms with Gasteiger partial charge in [0.05, 0.1) is 6.04 Å². The van der Waals surface area contributed by atoms with Gasteiger partial charge >= 0.3 is 6.09 Å².